The SMILES string of the molecule is C[C@@H]1CCCCN1c1nc2sc3c(c2c2ncnn12)CCC3. The Balaban J connectivity index is 1.79. The van der Waals surface area contributed by atoms with Gasteiger partial charge in [0.15, 0.2) is 5.65 Å². The fraction of sp³-hybridized carbons (Fsp3) is 0.562. The van der Waals surface area contributed by atoms with Crippen LogP contribution in [0.2, 0.25) is 0 Å². The van der Waals surface area contributed by atoms with E-state index in [-0.39, 0.29) is 0 Å². The largest absolute Gasteiger partial charge is 0.338 e. The normalized spacial score (nSPS) is 21.9. The second kappa shape index (κ2) is 4.65. The smallest absolute Gasteiger partial charge is 0.230 e. The van der Waals surface area contributed by atoms with Crippen LogP contribution in [-0.4, -0.2) is 32.2 Å². The molecular formula is C16H19N5S. The highest BCUT2D eigenvalue weighted by Crippen LogP contribution is 2.39. The van der Waals surface area contributed by atoms with Crippen LogP contribution in [0.5, 0.6) is 0 Å². The summed E-state index contributed by atoms with van der Waals surface area (Å²) in [5.41, 5.74) is 2.47. The van der Waals surface area contributed by atoms with Crippen LogP contribution in [0, 0.1) is 0 Å². The topological polar surface area (TPSA) is 46.3 Å². The van der Waals surface area contributed by atoms with E-state index in [0.717, 1.165) is 23.0 Å². The lowest BCUT2D eigenvalue weighted by Gasteiger charge is -2.34. The molecule has 0 unspecified atom stereocenters. The van der Waals surface area contributed by atoms with Crippen molar-refractivity contribution in [2.45, 2.75) is 51.5 Å². The zero-order chi connectivity index (χ0) is 14.7. The summed E-state index contributed by atoms with van der Waals surface area (Å²) in [7, 11) is 0. The number of anilines is 1. The Kier molecular flexibility index (Phi) is 2.71. The summed E-state index contributed by atoms with van der Waals surface area (Å²) < 4.78 is 1.97. The van der Waals surface area contributed by atoms with Crippen molar-refractivity contribution < 1.29 is 0 Å². The molecule has 0 radical (unpaired) electrons. The van der Waals surface area contributed by atoms with Gasteiger partial charge in [-0.3, -0.25) is 0 Å². The van der Waals surface area contributed by atoms with Crippen LogP contribution in [0.25, 0.3) is 15.9 Å². The van der Waals surface area contributed by atoms with Crippen molar-refractivity contribution in [3.8, 4) is 0 Å². The van der Waals surface area contributed by atoms with E-state index in [2.05, 4.69) is 21.9 Å². The highest BCUT2D eigenvalue weighted by molar-refractivity contribution is 7.19. The molecule has 3 aromatic heterocycles. The maximum atomic E-state index is 5.02. The predicted molar refractivity (Wildman–Crippen MR) is 88.8 cm³/mol. The molecule has 1 fully saturated rings. The Hall–Kier alpha value is -1.69. The van der Waals surface area contributed by atoms with Gasteiger partial charge in [-0.25, -0.2) is 9.97 Å². The number of fused-ring (bicyclic) bond motifs is 5. The molecule has 0 spiro atoms. The fourth-order valence-corrected chi connectivity index (χ4v) is 5.23. The Labute approximate surface area is 133 Å². The molecule has 0 amide bonds. The highest BCUT2D eigenvalue weighted by atomic mass is 32.1. The summed E-state index contributed by atoms with van der Waals surface area (Å²) in [5, 5.41) is 5.74. The van der Waals surface area contributed by atoms with Crippen molar-refractivity contribution in [1.82, 2.24) is 19.6 Å². The molecule has 0 N–H and O–H groups in total. The Morgan fingerprint density at radius 1 is 1.23 bits per heavy atom. The van der Waals surface area contributed by atoms with Gasteiger partial charge in [0.05, 0.1) is 5.39 Å². The first-order chi connectivity index (χ1) is 10.8. The van der Waals surface area contributed by atoms with Gasteiger partial charge in [-0.15, -0.1) is 11.3 Å². The van der Waals surface area contributed by atoms with Gasteiger partial charge in [0.25, 0.3) is 0 Å². The van der Waals surface area contributed by atoms with E-state index in [1.807, 2.05) is 15.9 Å². The van der Waals surface area contributed by atoms with Crippen molar-refractivity contribution >= 4 is 33.1 Å². The van der Waals surface area contributed by atoms with Crippen molar-refractivity contribution in [3.05, 3.63) is 16.8 Å². The van der Waals surface area contributed by atoms with E-state index in [1.54, 1.807) is 6.33 Å². The third kappa shape index (κ3) is 1.67. The van der Waals surface area contributed by atoms with Crippen molar-refractivity contribution in [1.29, 1.82) is 0 Å². The van der Waals surface area contributed by atoms with Gasteiger partial charge in [0.1, 0.15) is 11.2 Å². The molecule has 1 aliphatic carbocycles. The van der Waals surface area contributed by atoms with Crippen LogP contribution < -0.4 is 4.90 Å². The summed E-state index contributed by atoms with van der Waals surface area (Å²) in [6.45, 7) is 3.36. The quantitative estimate of drug-likeness (QED) is 0.692. The fourth-order valence-electron chi connectivity index (χ4n) is 3.98. The van der Waals surface area contributed by atoms with E-state index in [1.165, 1.54) is 54.4 Å². The molecule has 1 atom stereocenters. The zero-order valence-electron chi connectivity index (χ0n) is 12.7. The first-order valence-corrected chi connectivity index (χ1v) is 9.05. The van der Waals surface area contributed by atoms with Crippen LogP contribution >= 0.6 is 11.3 Å². The molecule has 2 aliphatic rings. The standard InChI is InChI=1S/C16H19N5S/c1-10-5-2-3-8-20(10)16-19-15-13(14-17-9-18-21(14)16)11-6-4-7-12(11)22-15/h9-10H,2-8H2,1H3/t10-/m1/s1. The minimum atomic E-state index is 0.526. The van der Waals surface area contributed by atoms with Gasteiger partial charge < -0.3 is 4.90 Å². The summed E-state index contributed by atoms with van der Waals surface area (Å²) in [4.78, 5) is 14.7. The average molecular weight is 313 g/mol. The number of aromatic nitrogens is 4. The lowest BCUT2D eigenvalue weighted by atomic mass is 10.0. The van der Waals surface area contributed by atoms with Crippen LogP contribution in [0.15, 0.2) is 6.33 Å². The van der Waals surface area contributed by atoms with Crippen LogP contribution in [0.4, 0.5) is 5.95 Å². The second-order valence-electron chi connectivity index (χ2n) is 6.48. The van der Waals surface area contributed by atoms with E-state index in [0.29, 0.717) is 6.04 Å². The van der Waals surface area contributed by atoms with Gasteiger partial charge in [-0.05, 0) is 51.0 Å². The molecule has 114 valence electrons. The molecule has 4 heterocycles. The Bertz CT molecular complexity index is 864. The first kappa shape index (κ1) is 12.8. The van der Waals surface area contributed by atoms with E-state index >= 15 is 0 Å². The van der Waals surface area contributed by atoms with Gasteiger partial charge >= 0.3 is 0 Å². The number of thiophene rings is 1. The molecule has 0 bridgehead atoms. The summed E-state index contributed by atoms with van der Waals surface area (Å²) >= 11 is 1.87. The van der Waals surface area contributed by atoms with Gasteiger partial charge in [0, 0.05) is 17.5 Å². The van der Waals surface area contributed by atoms with Crippen molar-refractivity contribution in [3.63, 3.8) is 0 Å². The highest BCUT2D eigenvalue weighted by Gasteiger charge is 2.27. The molecule has 1 aliphatic heterocycles. The maximum Gasteiger partial charge on any atom is 0.230 e. The monoisotopic (exact) mass is 313 g/mol. The molecule has 6 heteroatoms. The van der Waals surface area contributed by atoms with E-state index < -0.39 is 0 Å². The lowest BCUT2D eigenvalue weighted by Crippen LogP contribution is -2.39. The number of nitrogens with zero attached hydrogens (tertiary/aromatic N) is 5. The van der Waals surface area contributed by atoms with Gasteiger partial charge in [-0.1, -0.05) is 0 Å². The first-order valence-electron chi connectivity index (χ1n) is 8.23. The minimum absolute atomic E-state index is 0.526. The van der Waals surface area contributed by atoms with Crippen LogP contribution in [-0.2, 0) is 12.8 Å². The summed E-state index contributed by atoms with van der Waals surface area (Å²) in [5.74, 6) is 0.979. The molecule has 1 saturated heterocycles. The predicted octanol–water partition coefficient (Wildman–Crippen LogP) is 3.21. The van der Waals surface area contributed by atoms with Crippen LogP contribution in [0.3, 0.4) is 0 Å². The van der Waals surface area contributed by atoms with Crippen molar-refractivity contribution in [2.24, 2.45) is 0 Å². The number of hydrogen-bond donors (Lipinski definition) is 0. The summed E-state index contributed by atoms with van der Waals surface area (Å²) in [6, 6.07) is 0.526. The number of rotatable bonds is 1. The zero-order valence-corrected chi connectivity index (χ0v) is 13.6. The Morgan fingerprint density at radius 3 is 3.09 bits per heavy atom. The number of piperidine rings is 1. The van der Waals surface area contributed by atoms with Gasteiger partial charge in [-0.2, -0.15) is 9.61 Å². The molecule has 5 nitrogen and oxygen atoms in total. The molecule has 0 aromatic carbocycles. The Morgan fingerprint density at radius 2 is 2.18 bits per heavy atom. The van der Waals surface area contributed by atoms with Crippen LogP contribution in [0.1, 0.15) is 43.0 Å². The number of hydrogen-bond acceptors (Lipinski definition) is 5. The molecular weight excluding hydrogens is 294 g/mol. The average Bonchev–Trinajstić information content (AvgIpc) is 3.21. The van der Waals surface area contributed by atoms with E-state index in [9.17, 15) is 0 Å². The van der Waals surface area contributed by atoms with Crippen molar-refractivity contribution in [2.75, 3.05) is 11.4 Å². The number of aryl methyl sites for hydroxylation is 2. The van der Waals surface area contributed by atoms with Gasteiger partial charge in [0.2, 0.25) is 5.95 Å². The minimum Gasteiger partial charge on any atom is -0.338 e. The third-order valence-electron chi connectivity index (χ3n) is 5.12. The lowest BCUT2D eigenvalue weighted by molar-refractivity contribution is 0.474. The maximum absolute atomic E-state index is 5.02. The molecule has 5 rings (SSSR count). The second-order valence-corrected chi connectivity index (χ2v) is 7.57. The van der Waals surface area contributed by atoms with E-state index in [4.69, 9.17) is 4.98 Å². The molecule has 22 heavy (non-hydrogen) atoms. The third-order valence-corrected chi connectivity index (χ3v) is 6.31. The molecule has 0 saturated carbocycles. The molecule has 3 aromatic rings. The summed E-state index contributed by atoms with van der Waals surface area (Å²) in [6.07, 6.45) is 9.09.